The lowest BCUT2D eigenvalue weighted by molar-refractivity contribution is -0.385. The van der Waals surface area contributed by atoms with Crippen molar-refractivity contribution >= 4 is 38.5 Å². The maximum Gasteiger partial charge on any atom is 0.419 e. The molecule has 1 aromatic heterocycles. The Hall–Kier alpha value is -3.00. The van der Waals surface area contributed by atoms with E-state index in [1.54, 1.807) is 6.07 Å². The monoisotopic (exact) mass is 315 g/mol. The van der Waals surface area contributed by atoms with Gasteiger partial charge in [0.05, 0.1) is 15.1 Å². The first kappa shape index (κ1) is 14.0. The number of carbonyl (C=O) groups excluding carboxylic acids is 1. The predicted octanol–water partition coefficient (Wildman–Crippen LogP) is 3.82. The number of hydrogen-bond donors (Lipinski definition) is 1. The zero-order valence-corrected chi connectivity index (χ0v) is 11.9. The SMILES string of the molecule is O=C(Nc1nc2ccccc2s1)Oc1ccccc1[N+](=O)[O-]. The van der Waals surface area contributed by atoms with Crippen LogP contribution in [0.5, 0.6) is 5.75 Å². The van der Waals surface area contributed by atoms with E-state index in [2.05, 4.69) is 10.3 Å². The van der Waals surface area contributed by atoms with E-state index in [4.69, 9.17) is 4.74 Å². The Morgan fingerprint density at radius 3 is 2.68 bits per heavy atom. The predicted molar refractivity (Wildman–Crippen MR) is 82.4 cm³/mol. The number of fused-ring (bicyclic) bond motifs is 1. The number of rotatable bonds is 3. The van der Waals surface area contributed by atoms with Crippen molar-refractivity contribution in [2.24, 2.45) is 0 Å². The number of hydrogen-bond acceptors (Lipinski definition) is 6. The van der Waals surface area contributed by atoms with Crippen molar-refractivity contribution in [3.05, 3.63) is 58.6 Å². The fraction of sp³-hybridized carbons (Fsp3) is 0. The van der Waals surface area contributed by atoms with Crippen LogP contribution in [-0.4, -0.2) is 16.0 Å². The minimum absolute atomic E-state index is 0.119. The van der Waals surface area contributed by atoms with Crippen molar-refractivity contribution in [2.45, 2.75) is 0 Å². The number of benzene rings is 2. The van der Waals surface area contributed by atoms with Crippen molar-refractivity contribution < 1.29 is 14.5 Å². The molecule has 0 saturated carbocycles. The van der Waals surface area contributed by atoms with Crippen LogP contribution in [0.4, 0.5) is 15.6 Å². The smallest absolute Gasteiger partial charge is 0.403 e. The second-order valence-electron chi connectivity index (χ2n) is 4.23. The highest BCUT2D eigenvalue weighted by Gasteiger charge is 2.17. The number of nitro groups is 1. The summed E-state index contributed by atoms with van der Waals surface area (Å²) in [5, 5.41) is 13.7. The minimum atomic E-state index is -0.826. The van der Waals surface area contributed by atoms with Crippen LogP contribution in [0.15, 0.2) is 48.5 Å². The molecule has 0 spiro atoms. The van der Waals surface area contributed by atoms with Gasteiger partial charge in [0, 0.05) is 6.07 Å². The number of thiazole rings is 1. The largest absolute Gasteiger partial charge is 0.419 e. The van der Waals surface area contributed by atoms with E-state index in [0.717, 1.165) is 10.2 Å². The average Bonchev–Trinajstić information content (AvgIpc) is 2.89. The quantitative estimate of drug-likeness (QED) is 0.585. The summed E-state index contributed by atoms with van der Waals surface area (Å²) in [4.78, 5) is 26.3. The zero-order valence-electron chi connectivity index (χ0n) is 11.1. The Morgan fingerprint density at radius 2 is 1.91 bits per heavy atom. The summed E-state index contributed by atoms with van der Waals surface area (Å²) in [5.41, 5.74) is 0.482. The third kappa shape index (κ3) is 2.86. The van der Waals surface area contributed by atoms with E-state index in [-0.39, 0.29) is 11.4 Å². The van der Waals surface area contributed by atoms with Crippen LogP contribution in [0.25, 0.3) is 10.2 Å². The summed E-state index contributed by atoms with van der Waals surface area (Å²) < 4.78 is 5.90. The summed E-state index contributed by atoms with van der Waals surface area (Å²) in [5.74, 6) is -0.119. The van der Waals surface area contributed by atoms with Gasteiger partial charge < -0.3 is 4.74 Å². The molecule has 1 N–H and O–H groups in total. The van der Waals surface area contributed by atoms with E-state index in [1.807, 2.05) is 24.3 Å². The van der Waals surface area contributed by atoms with Crippen molar-refractivity contribution in [3.8, 4) is 5.75 Å². The first-order chi connectivity index (χ1) is 10.6. The minimum Gasteiger partial charge on any atom is -0.403 e. The van der Waals surface area contributed by atoms with Crippen LogP contribution < -0.4 is 10.1 Å². The molecular formula is C14H9N3O4S. The second-order valence-corrected chi connectivity index (χ2v) is 5.26. The average molecular weight is 315 g/mol. The van der Waals surface area contributed by atoms with Crippen LogP contribution in [0.2, 0.25) is 0 Å². The normalized spacial score (nSPS) is 10.4. The summed E-state index contributed by atoms with van der Waals surface area (Å²) >= 11 is 1.29. The van der Waals surface area contributed by atoms with Gasteiger partial charge in [-0.1, -0.05) is 35.6 Å². The molecule has 0 aliphatic heterocycles. The number of aromatic nitrogens is 1. The molecule has 0 bridgehead atoms. The lowest BCUT2D eigenvalue weighted by Crippen LogP contribution is -2.17. The van der Waals surface area contributed by atoms with E-state index in [0.29, 0.717) is 5.13 Å². The molecule has 1 amide bonds. The number of ether oxygens (including phenoxy) is 1. The number of nitro benzene ring substituents is 1. The molecule has 0 saturated heterocycles. The van der Waals surface area contributed by atoms with Gasteiger partial charge in [0.25, 0.3) is 0 Å². The van der Waals surface area contributed by atoms with Crippen LogP contribution in [0.1, 0.15) is 0 Å². The number of anilines is 1. The molecule has 0 unspecified atom stereocenters. The van der Waals surface area contributed by atoms with Gasteiger partial charge in [-0.15, -0.1) is 0 Å². The van der Waals surface area contributed by atoms with Gasteiger partial charge in [0.1, 0.15) is 0 Å². The molecule has 0 aliphatic carbocycles. The fourth-order valence-electron chi connectivity index (χ4n) is 1.83. The third-order valence-corrected chi connectivity index (χ3v) is 3.72. The van der Waals surface area contributed by atoms with Crippen LogP contribution in [0.3, 0.4) is 0 Å². The summed E-state index contributed by atoms with van der Waals surface area (Å²) in [6.07, 6.45) is -0.826. The van der Waals surface area contributed by atoms with Crippen LogP contribution in [0, 0.1) is 10.1 Å². The van der Waals surface area contributed by atoms with Gasteiger partial charge in [-0.3, -0.25) is 15.4 Å². The number of nitrogens with zero attached hydrogens (tertiary/aromatic N) is 2. The molecule has 3 aromatic rings. The molecule has 2 aromatic carbocycles. The standard InChI is InChI=1S/C14H9N3O4S/c18-14(21-11-7-3-2-6-10(11)17(19)20)16-13-15-9-5-1-4-8-12(9)22-13/h1-8H,(H,15,16,18). The Kier molecular flexibility index (Phi) is 3.67. The molecule has 8 heteroatoms. The van der Waals surface area contributed by atoms with Crippen molar-refractivity contribution in [3.63, 3.8) is 0 Å². The Labute approximate surface area is 128 Å². The number of nitrogens with one attached hydrogen (secondary N) is 1. The second kappa shape index (κ2) is 5.78. The van der Waals surface area contributed by atoms with Gasteiger partial charge >= 0.3 is 11.8 Å². The maximum absolute atomic E-state index is 11.8. The molecule has 7 nitrogen and oxygen atoms in total. The summed E-state index contributed by atoms with van der Waals surface area (Å²) in [6, 6.07) is 13.1. The molecular weight excluding hydrogens is 306 g/mol. The zero-order chi connectivity index (χ0) is 15.5. The molecule has 0 atom stereocenters. The topological polar surface area (TPSA) is 94.4 Å². The van der Waals surface area contributed by atoms with E-state index >= 15 is 0 Å². The third-order valence-electron chi connectivity index (χ3n) is 2.77. The highest BCUT2D eigenvalue weighted by atomic mass is 32.1. The van der Waals surface area contributed by atoms with Gasteiger partial charge in [0.15, 0.2) is 5.13 Å². The summed E-state index contributed by atoms with van der Waals surface area (Å²) in [7, 11) is 0. The maximum atomic E-state index is 11.8. The lowest BCUT2D eigenvalue weighted by Gasteiger charge is -2.04. The first-order valence-corrected chi connectivity index (χ1v) is 7.03. The molecule has 110 valence electrons. The lowest BCUT2D eigenvalue weighted by atomic mass is 10.3. The molecule has 0 aliphatic rings. The number of amides is 1. The molecule has 0 fully saturated rings. The molecule has 1 heterocycles. The highest BCUT2D eigenvalue weighted by Crippen LogP contribution is 2.28. The van der Waals surface area contributed by atoms with Gasteiger partial charge in [-0.2, -0.15) is 0 Å². The van der Waals surface area contributed by atoms with E-state index < -0.39 is 11.0 Å². The van der Waals surface area contributed by atoms with E-state index in [1.165, 1.54) is 29.5 Å². The fourth-order valence-corrected chi connectivity index (χ4v) is 2.68. The summed E-state index contributed by atoms with van der Waals surface area (Å²) in [6.45, 7) is 0. The van der Waals surface area contributed by atoms with Crippen molar-refractivity contribution in [1.82, 2.24) is 4.98 Å². The highest BCUT2D eigenvalue weighted by molar-refractivity contribution is 7.22. The van der Waals surface area contributed by atoms with Crippen LogP contribution >= 0.6 is 11.3 Å². The van der Waals surface area contributed by atoms with Gasteiger partial charge in [-0.05, 0) is 18.2 Å². The Balaban J connectivity index is 1.76. The Bertz CT molecular complexity index is 829. The Morgan fingerprint density at radius 1 is 1.18 bits per heavy atom. The molecule has 22 heavy (non-hydrogen) atoms. The van der Waals surface area contributed by atoms with Gasteiger partial charge in [0.2, 0.25) is 5.75 Å². The number of carbonyl (C=O) groups is 1. The van der Waals surface area contributed by atoms with Crippen molar-refractivity contribution in [2.75, 3.05) is 5.32 Å². The van der Waals surface area contributed by atoms with Crippen molar-refractivity contribution in [1.29, 1.82) is 0 Å². The van der Waals surface area contributed by atoms with Crippen LogP contribution in [-0.2, 0) is 0 Å². The molecule has 3 rings (SSSR count). The van der Waals surface area contributed by atoms with E-state index in [9.17, 15) is 14.9 Å². The first-order valence-electron chi connectivity index (χ1n) is 6.21. The van der Waals surface area contributed by atoms with Gasteiger partial charge in [-0.25, -0.2) is 9.78 Å². The number of para-hydroxylation sites is 3. The molecule has 0 radical (unpaired) electrons.